The van der Waals surface area contributed by atoms with Crippen LogP contribution in [0.2, 0.25) is 0 Å². The number of nitrogens with one attached hydrogen (secondary N) is 1. The number of anilines is 1. The maximum Gasteiger partial charge on any atom is 0.416 e. The highest BCUT2D eigenvalue weighted by molar-refractivity contribution is 6.01. The molecule has 0 aliphatic rings. The van der Waals surface area contributed by atoms with Crippen LogP contribution in [0.15, 0.2) is 42.5 Å². The quantitative estimate of drug-likeness (QED) is 0.615. The summed E-state index contributed by atoms with van der Waals surface area (Å²) in [5.74, 6) is -1.76. The largest absolute Gasteiger partial charge is 0.416 e. The van der Waals surface area contributed by atoms with Crippen molar-refractivity contribution in [1.29, 1.82) is 0 Å². The average molecular weight is 446 g/mol. The van der Waals surface area contributed by atoms with Gasteiger partial charge in [0.15, 0.2) is 0 Å². The molecule has 0 heterocycles. The summed E-state index contributed by atoms with van der Waals surface area (Å²) in [7, 11) is 0. The minimum Gasteiger partial charge on any atom is -0.327 e. The lowest BCUT2D eigenvalue weighted by molar-refractivity contribution is -0.143. The predicted octanol–water partition coefficient (Wildman–Crippen LogP) is 5.52. The molecule has 31 heavy (non-hydrogen) atoms. The van der Waals surface area contributed by atoms with E-state index in [1.165, 1.54) is 13.8 Å². The number of benzene rings is 2. The van der Waals surface area contributed by atoms with Gasteiger partial charge in [0.1, 0.15) is 6.04 Å². The second-order valence-electron chi connectivity index (χ2n) is 6.92. The summed E-state index contributed by atoms with van der Waals surface area (Å²) in [6.07, 6.45) is -10.2. The van der Waals surface area contributed by atoms with Gasteiger partial charge in [-0.25, -0.2) is 0 Å². The molecule has 0 aliphatic carbocycles. The van der Waals surface area contributed by atoms with E-state index in [4.69, 9.17) is 0 Å². The molecule has 0 radical (unpaired) electrons. The predicted molar refractivity (Wildman–Crippen MR) is 102 cm³/mol. The van der Waals surface area contributed by atoms with E-state index in [2.05, 4.69) is 5.32 Å². The molecule has 10 heteroatoms. The molecule has 0 saturated heterocycles. The van der Waals surface area contributed by atoms with Gasteiger partial charge in [0.2, 0.25) is 5.91 Å². The third-order valence-corrected chi connectivity index (χ3v) is 4.60. The third-order valence-electron chi connectivity index (χ3n) is 4.60. The van der Waals surface area contributed by atoms with Gasteiger partial charge in [0.25, 0.3) is 5.91 Å². The average Bonchev–Trinajstić information content (AvgIpc) is 2.68. The summed E-state index contributed by atoms with van der Waals surface area (Å²) in [4.78, 5) is 26.2. The molecule has 0 spiro atoms. The standard InChI is InChI=1S/C21H20F6N2O2/c1-4-29(13(3)18(30)28-17-7-5-12(2)6-8-17)19(31)14-9-15(20(22,23)24)11-16(10-14)21(25,26)27/h5-11,13H,4H2,1-3H3,(H,28,30)/t13-/m1/s1. The van der Waals surface area contributed by atoms with E-state index in [1.54, 1.807) is 24.3 Å². The SMILES string of the molecule is CCN(C(=O)c1cc(C(F)(F)F)cc(C(F)(F)F)c1)[C@H](C)C(=O)Nc1ccc(C)cc1. The highest BCUT2D eigenvalue weighted by atomic mass is 19.4. The number of carbonyl (C=O) groups is 2. The molecule has 2 rings (SSSR count). The first-order valence-electron chi connectivity index (χ1n) is 9.22. The van der Waals surface area contributed by atoms with Crippen LogP contribution in [0.3, 0.4) is 0 Å². The molecular weight excluding hydrogens is 426 g/mol. The minimum absolute atomic E-state index is 0.0550. The molecule has 0 aromatic heterocycles. The zero-order valence-corrected chi connectivity index (χ0v) is 16.9. The van der Waals surface area contributed by atoms with Gasteiger partial charge in [-0.15, -0.1) is 0 Å². The van der Waals surface area contributed by atoms with Crippen molar-refractivity contribution in [3.63, 3.8) is 0 Å². The van der Waals surface area contributed by atoms with Crippen molar-refractivity contribution in [2.45, 2.75) is 39.2 Å². The summed E-state index contributed by atoms with van der Waals surface area (Å²) < 4.78 is 78.5. The zero-order valence-electron chi connectivity index (χ0n) is 16.9. The normalized spacial score (nSPS) is 12.9. The highest BCUT2D eigenvalue weighted by Gasteiger charge is 2.38. The lowest BCUT2D eigenvalue weighted by Crippen LogP contribution is -2.45. The first kappa shape index (κ1) is 24.2. The van der Waals surface area contributed by atoms with Gasteiger partial charge in [0.05, 0.1) is 11.1 Å². The fourth-order valence-electron chi connectivity index (χ4n) is 2.86. The van der Waals surface area contributed by atoms with E-state index >= 15 is 0 Å². The lowest BCUT2D eigenvalue weighted by atomic mass is 10.0. The van der Waals surface area contributed by atoms with E-state index < -0.39 is 46.9 Å². The zero-order chi connectivity index (χ0) is 23.6. The van der Waals surface area contributed by atoms with Gasteiger partial charge in [-0.1, -0.05) is 17.7 Å². The molecule has 0 aliphatic heterocycles. The molecule has 0 fully saturated rings. The first-order chi connectivity index (χ1) is 14.2. The molecule has 2 aromatic carbocycles. The van der Waals surface area contributed by atoms with Gasteiger partial charge in [-0.05, 0) is 51.1 Å². The Bertz CT molecular complexity index is 920. The smallest absolute Gasteiger partial charge is 0.327 e. The molecule has 0 unspecified atom stereocenters. The van der Waals surface area contributed by atoms with Crippen LogP contribution in [0.1, 0.15) is 40.9 Å². The van der Waals surface area contributed by atoms with Crippen LogP contribution in [-0.4, -0.2) is 29.3 Å². The van der Waals surface area contributed by atoms with E-state index in [0.717, 1.165) is 10.5 Å². The van der Waals surface area contributed by atoms with Crippen molar-refractivity contribution in [2.24, 2.45) is 0 Å². The summed E-state index contributed by atoms with van der Waals surface area (Å²) in [6.45, 7) is 4.53. The molecule has 4 nitrogen and oxygen atoms in total. The fraction of sp³-hybridized carbons (Fsp3) is 0.333. The summed E-state index contributed by atoms with van der Waals surface area (Å²) in [5, 5.41) is 2.57. The van der Waals surface area contributed by atoms with Gasteiger partial charge < -0.3 is 10.2 Å². The number of carbonyl (C=O) groups excluding carboxylic acids is 2. The summed E-state index contributed by atoms with van der Waals surface area (Å²) in [6, 6.07) is 6.23. The second-order valence-corrected chi connectivity index (χ2v) is 6.92. The van der Waals surface area contributed by atoms with Gasteiger partial charge >= 0.3 is 12.4 Å². The number of halogens is 6. The van der Waals surface area contributed by atoms with E-state index in [9.17, 15) is 35.9 Å². The highest BCUT2D eigenvalue weighted by Crippen LogP contribution is 2.36. The number of hydrogen-bond acceptors (Lipinski definition) is 2. The number of likely N-dealkylation sites (N-methyl/N-ethyl adjacent to an activating group) is 1. The van der Waals surface area contributed by atoms with Crippen molar-refractivity contribution in [2.75, 3.05) is 11.9 Å². The second kappa shape index (κ2) is 8.99. The van der Waals surface area contributed by atoms with Crippen LogP contribution in [0.5, 0.6) is 0 Å². The molecule has 2 amide bonds. The first-order valence-corrected chi connectivity index (χ1v) is 9.22. The van der Waals surface area contributed by atoms with Crippen LogP contribution in [0.4, 0.5) is 32.0 Å². The Hall–Kier alpha value is -3.04. The van der Waals surface area contributed by atoms with Crippen LogP contribution in [0.25, 0.3) is 0 Å². The Balaban J connectivity index is 2.35. The third kappa shape index (κ3) is 5.99. The maximum atomic E-state index is 13.1. The van der Waals surface area contributed by atoms with Crippen LogP contribution < -0.4 is 5.32 Å². The number of amides is 2. The van der Waals surface area contributed by atoms with E-state index in [0.29, 0.717) is 17.8 Å². The Morgan fingerprint density at radius 3 is 1.84 bits per heavy atom. The Labute approximate surface area is 174 Å². The number of hydrogen-bond donors (Lipinski definition) is 1. The molecular formula is C21H20F6N2O2. The van der Waals surface area contributed by atoms with Gasteiger partial charge in [-0.2, -0.15) is 26.3 Å². The molecule has 2 aromatic rings. The van der Waals surface area contributed by atoms with Crippen molar-refractivity contribution in [3.8, 4) is 0 Å². The number of alkyl halides is 6. The van der Waals surface area contributed by atoms with E-state index in [1.807, 2.05) is 6.92 Å². The monoisotopic (exact) mass is 446 g/mol. The van der Waals surface area contributed by atoms with Crippen molar-refractivity contribution < 1.29 is 35.9 Å². The van der Waals surface area contributed by atoms with E-state index in [-0.39, 0.29) is 12.6 Å². The Kier molecular flexibility index (Phi) is 7.03. The Morgan fingerprint density at radius 2 is 1.42 bits per heavy atom. The lowest BCUT2D eigenvalue weighted by Gasteiger charge is -2.28. The number of rotatable bonds is 5. The van der Waals surface area contributed by atoms with Gasteiger partial charge in [-0.3, -0.25) is 9.59 Å². The van der Waals surface area contributed by atoms with Crippen LogP contribution in [-0.2, 0) is 17.1 Å². The van der Waals surface area contributed by atoms with Crippen LogP contribution >= 0.6 is 0 Å². The number of aryl methyl sites for hydroxylation is 1. The summed E-state index contributed by atoms with van der Waals surface area (Å²) in [5.41, 5.74) is -2.62. The molecule has 1 atom stereocenters. The minimum atomic E-state index is -5.08. The number of nitrogens with zero attached hydrogens (tertiary/aromatic N) is 1. The molecule has 1 N–H and O–H groups in total. The van der Waals surface area contributed by atoms with Crippen LogP contribution in [0, 0.1) is 6.92 Å². The topological polar surface area (TPSA) is 49.4 Å². The molecule has 0 saturated carbocycles. The van der Waals surface area contributed by atoms with Crippen molar-refractivity contribution >= 4 is 17.5 Å². The van der Waals surface area contributed by atoms with Gasteiger partial charge in [0, 0.05) is 17.8 Å². The maximum absolute atomic E-state index is 13.1. The molecule has 168 valence electrons. The molecule has 0 bridgehead atoms. The summed E-state index contributed by atoms with van der Waals surface area (Å²) >= 11 is 0. The fourth-order valence-corrected chi connectivity index (χ4v) is 2.86. The Morgan fingerprint density at radius 1 is 0.935 bits per heavy atom. The van der Waals surface area contributed by atoms with Crippen molar-refractivity contribution in [1.82, 2.24) is 4.90 Å². The van der Waals surface area contributed by atoms with Crippen molar-refractivity contribution in [3.05, 3.63) is 64.7 Å².